The molecule has 0 radical (unpaired) electrons. The van der Waals surface area contributed by atoms with Crippen molar-refractivity contribution in [2.45, 2.75) is 5.92 Å². The van der Waals surface area contributed by atoms with Crippen LogP contribution in [0.15, 0.2) is 54.6 Å². The Kier molecular flexibility index (Phi) is 2.45. The number of ketones is 1. The van der Waals surface area contributed by atoms with Gasteiger partial charge >= 0.3 is 0 Å². The number of rotatable bonds is 1. The van der Waals surface area contributed by atoms with E-state index in [0.717, 1.165) is 5.56 Å². The van der Waals surface area contributed by atoms with E-state index in [-0.39, 0.29) is 11.7 Å². The van der Waals surface area contributed by atoms with Crippen LogP contribution in [0.25, 0.3) is 0 Å². The highest BCUT2D eigenvalue weighted by Gasteiger charge is 2.34. The Morgan fingerprint density at radius 3 is 2.28 bits per heavy atom. The molecule has 0 aromatic heterocycles. The van der Waals surface area contributed by atoms with E-state index in [1.807, 2.05) is 18.2 Å². The third-order valence-electron chi connectivity index (χ3n) is 3.11. The Bertz CT molecular complexity index is 619. The number of amides is 1. The lowest BCUT2D eigenvalue weighted by Gasteiger charge is -2.23. The molecule has 18 heavy (non-hydrogen) atoms. The van der Waals surface area contributed by atoms with Crippen LogP contribution in [-0.4, -0.2) is 11.7 Å². The summed E-state index contributed by atoms with van der Waals surface area (Å²) in [7, 11) is 0. The van der Waals surface area contributed by atoms with Gasteiger partial charge in [-0.1, -0.05) is 42.5 Å². The zero-order chi connectivity index (χ0) is 12.5. The van der Waals surface area contributed by atoms with Gasteiger partial charge in [-0.15, -0.1) is 0 Å². The molecule has 0 fully saturated rings. The second-order valence-corrected chi connectivity index (χ2v) is 4.24. The van der Waals surface area contributed by atoms with Crippen molar-refractivity contribution in [2.75, 3.05) is 5.32 Å². The van der Waals surface area contributed by atoms with Crippen molar-refractivity contribution in [3.63, 3.8) is 0 Å². The van der Waals surface area contributed by atoms with Crippen molar-refractivity contribution in [1.82, 2.24) is 0 Å². The summed E-state index contributed by atoms with van der Waals surface area (Å²) in [5.41, 5.74) is 1.90. The van der Waals surface area contributed by atoms with E-state index in [9.17, 15) is 9.59 Å². The normalized spacial score (nSPS) is 18.1. The Morgan fingerprint density at radius 2 is 1.50 bits per heavy atom. The Labute approximate surface area is 104 Å². The number of Topliss-reactive ketones (excluding diaryl/α,β-unsaturated/α-hetero) is 1. The number of carbonyl (C=O) groups excluding carboxylic acids is 2. The number of hydrogen-bond acceptors (Lipinski definition) is 2. The molecule has 1 heterocycles. The van der Waals surface area contributed by atoms with Crippen LogP contribution in [0.4, 0.5) is 5.69 Å². The summed E-state index contributed by atoms with van der Waals surface area (Å²) in [4.78, 5) is 24.4. The van der Waals surface area contributed by atoms with E-state index < -0.39 is 5.92 Å². The van der Waals surface area contributed by atoms with Crippen molar-refractivity contribution in [3.8, 4) is 0 Å². The first kappa shape index (κ1) is 10.7. The quantitative estimate of drug-likeness (QED) is 0.775. The fraction of sp³-hybridized carbons (Fsp3) is 0.0667. The van der Waals surface area contributed by atoms with Crippen LogP contribution in [-0.2, 0) is 4.79 Å². The Balaban J connectivity index is 2.09. The third-order valence-corrected chi connectivity index (χ3v) is 3.11. The number of anilines is 1. The second kappa shape index (κ2) is 4.11. The maximum atomic E-state index is 12.4. The minimum atomic E-state index is -0.735. The first-order valence-corrected chi connectivity index (χ1v) is 5.76. The molecule has 2 aromatic carbocycles. The van der Waals surface area contributed by atoms with Gasteiger partial charge in [-0.3, -0.25) is 9.59 Å². The topological polar surface area (TPSA) is 46.2 Å². The largest absolute Gasteiger partial charge is 0.324 e. The van der Waals surface area contributed by atoms with E-state index in [1.54, 1.807) is 36.4 Å². The fourth-order valence-electron chi connectivity index (χ4n) is 2.23. The average Bonchev–Trinajstić information content (AvgIpc) is 2.40. The number of para-hydroxylation sites is 1. The van der Waals surface area contributed by atoms with Crippen molar-refractivity contribution >= 4 is 17.4 Å². The Hall–Kier alpha value is -2.42. The summed E-state index contributed by atoms with van der Waals surface area (Å²) < 4.78 is 0. The number of benzene rings is 2. The molecule has 0 aliphatic carbocycles. The summed E-state index contributed by atoms with van der Waals surface area (Å²) >= 11 is 0. The van der Waals surface area contributed by atoms with E-state index >= 15 is 0 Å². The van der Waals surface area contributed by atoms with Crippen molar-refractivity contribution < 1.29 is 9.59 Å². The lowest BCUT2D eigenvalue weighted by atomic mass is 9.86. The van der Waals surface area contributed by atoms with Gasteiger partial charge in [0.2, 0.25) is 5.91 Å². The molecule has 88 valence electrons. The second-order valence-electron chi connectivity index (χ2n) is 4.24. The SMILES string of the molecule is O=C1Nc2ccccc2C(=O)[C@H]1c1ccccc1. The average molecular weight is 237 g/mol. The predicted octanol–water partition coefficient (Wildman–Crippen LogP) is 2.61. The third kappa shape index (κ3) is 1.61. The van der Waals surface area contributed by atoms with Crippen molar-refractivity contribution in [2.24, 2.45) is 0 Å². The molecular formula is C15H11NO2. The highest BCUT2D eigenvalue weighted by molar-refractivity contribution is 6.24. The monoisotopic (exact) mass is 237 g/mol. The molecule has 3 heteroatoms. The van der Waals surface area contributed by atoms with Gasteiger partial charge in [-0.25, -0.2) is 0 Å². The summed E-state index contributed by atoms with van der Waals surface area (Å²) in [5, 5.41) is 2.78. The van der Waals surface area contributed by atoms with Crippen LogP contribution < -0.4 is 5.32 Å². The highest BCUT2D eigenvalue weighted by atomic mass is 16.2. The number of carbonyl (C=O) groups is 2. The zero-order valence-corrected chi connectivity index (χ0v) is 9.59. The van der Waals surface area contributed by atoms with Gasteiger partial charge in [0.05, 0.1) is 5.69 Å². The van der Waals surface area contributed by atoms with Gasteiger partial charge in [0.1, 0.15) is 5.92 Å². The van der Waals surface area contributed by atoms with E-state index in [4.69, 9.17) is 0 Å². The molecule has 1 aliphatic heterocycles. The van der Waals surface area contributed by atoms with Crippen LogP contribution in [0.2, 0.25) is 0 Å². The molecule has 1 aliphatic rings. The Morgan fingerprint density at radius 1 is 0.833 bits per heavy atom. The van der Waals surface area contributed by atoms with Crippen LogP contribution >= 0.6 is 0 Å². The van der Waals surface area contributed by atoms with Crippen LogP contribution in [0.3, 0.4) is 0 Å². The molecule has 3 nitrogen and oxygen atoms in total. The highest BCUT2D eigenvalue weighted by Crippen LogP contribution is 2.30. The minimum Gasteiger partial charge on any atom is -0.324 e. The van der Waals surface area contributed by atoms with Crippen LogP contribution in [0.1, 0.15) is 21.8 Å². The van der Waals surface area contributed by atoms with Crippen LogP contribution in [0, 0.1) is 0 Å². The van der Waals surface area contributed by atoms with Gasteiger partial charge in [-0.05, 0) is 17.7 Å². The van der Waals surface area contributed by atoms with Crippen LogP contribution in [0.5, 0.6) is 0 Å². The molecule has 0 unspecified atom stereocenters. The molecule has 0 bridgehead atoms. The molecule has 0 saturated carbocycles. The van der Waals surface area contributed by atoms with Gasteiger partial charge < -0.3 is 5.32 Å². The van der Waals surface area contributed by atoms with Gasteiger partial charge in [0.15, 0.2) is 5.78 Å². The van der Waals surface area contributed by atoms with Gasteiger partial charge in [-0.2, -0.15) is 0 Å². The maximum Gasteiger partial charge on any atom is 0.239 e. The molecule has 0 spiro atoms. The predicted molar refractivity (Wildman–Crippen MR) is 68.6 cm³/mol. The molecule has 2 aromatic rings. The first-order chi connectivity index (χ1) is 8.77. The lowest BCUT2D eigenvalue weighted by molar-refractivity contribution is -0.116. The molecule has 0 saturated heterocycles. The molecule has 1 amide bonds. The lowest BCUT2D eigenvalue weighted by Crippen LogP contribution is -2.33. The minimum absolute atomic E-state index is 0.138. The molecule has 1 N–H and O–H groups in total. The number of nitrogens with one attached hydrogen (secondary N) is 1. The molecular weight excluding hydrogens is 226 g/mol. The van der Waals surface area contributed by atoms with E-state index in [0.29, 0.717) is 11.3 Å². The first-order valence-electron chi connectivity index (χ1n) is 5.76. The summed E-state index contributed by atoms with van der Waals surface area (Å²) in [6.07, 6.45) is 0. The zero-order valence-electron chi connectivity index (χ0n) is 9.59. The van der Waals surface area contributed by atoms with E-state index in [2.05, 4.69) is 5.32 Å². The standard InChI is InChI=1S/C15H11NO2/c17-14-11-8-4-5-9-12(11)16-15(18)13(14)10-6-2-1-3-7-10/h1-9,13H,(H,16,18)/t13-/m1/s1. The number of fused-ring (bicyclic) bond motifs is 1. The summed E-state index contributed by atoms with van der Waals surface area (Å²) in [6, 6.07) is 16.2. The summed E-state index contributed by atoms with van der Waals surface area (Å²) in [6.45, 7) is 0. The maximum absolute atomic E-state index is 12.4. The van der Waals surface area contributed by atoms with Gasteiger partial charge in [0, 0.05) is 5.56 Å². The fourth-order valence-corrected chi connectivity index (χ4v) is 2.23. The summed E-state index contributed by atoms with van der Waals surface area (Å²) in [5.74, 6) is -1.13. The molecule has 1 atom stereocenters. The molecule has 3 rings (SSSR count). The van der Waals surface area contributed by atoms with E-state index in [1.165, 1.54) is 0 Å². The van der Waals surface area contributed by atoms with Crippen molar-refractivity contribution in [3.05, 3.63) is 65.7 Å². The number of hydrogen-bond donors (Lipinski definition) is 1. The smallest absolute Gasteiger partial charge is 0.239 e. The van der Waals surface area contributed by atoms with Crippen molar-refractivity contribution in [1.29, 1.82) is 0 Å². The van der Waals surface area contributed by atoms with Gasteiger partial charge in [0.25, 0.3) is 0 Å².